The van der Waals surface area contributed by atoms with Crippen LogP contribution in [0.3, 0.4) is 0 Å². The molecule has 0 saturated carbocycles. The number of nitrogens with zero attached hydrogens (tertiary/aromatic N) is 3. The SMILES string of the molecule is CCCN(CCC)C(=O)C1CCCN(CCCCCC(=O)CNCCN2CCC(OC(N)=O)CC2)C1.c1ccc(-c2ccccc2)cc1. The molecule has 3 N–H and O–H groups in total. The first-order valence-electron chi connectivity index (χ1n) is 18.4. The predicted octanol–water partition coefficient (Wildman–Crippen LogP) is 5.98. The standard InChI is InChI=1S/C27H51N5O4.C12H10/c1-3-14-32(15-4-2)26(34)23-9-8-17-31(22-23)16-7-5-6-10-24(33)21-29-13-20-30-18-11-25(12-19-30)36-27(28)35;1-3-7-11(8-4-1)12-9-5-2-6-10-12/h23,25,29H,3-22H2,1-2H3,(H2,28,35);1-10H. The van der Waals surface area contributed by atoms with Gasteiger partial charge in [-0.3, -0.25) is 9.59 Å². The van der Waals surface area contributed by atoms with Crippen molar-refractivity contribution < 1.29 is 19.1 Å². The highest BCUT2D eigenvalue weighted by molar-refractivity contribution is 5.80. The van der Waals surface area contributed by atoms with Gasteiger partial charge in [0.05, 0.1) is 12.5 Å². The number of hydrogen-bond acceptors (Lipinski definition) is 7. The van der Waals surface area contributed by atoms with E-state index in [0.717, 1.165) is 117 Å². The van der Waals surface area contributed by atoms with Crippen molar-refractivity contribution in [3.63, 3.8) is 0 Å². The van der Waals surface area contributed by atoms with E-state index in [4.69, 9.17) is 10.5 Å². The molecule has 2 fully saturated rings. The molecule has 0 radical (unpaired) electrons. The zero-order valence-electron chi connectivity index (χ0n) is 29.6. The largest absolute Gasteiger partial charge is 0.446 e. The average molecular weight is 664 g/mol. The second-order valence-corrected chi connectivity index (χ2v) is 13.2. The second kappa shape index (κ2) is 23.1. The lowest BCUT2D eigenvalue weighted by Crippen LogP contribution is -2.45. The van der Waals surface area contributed by atoms with E-state index in [0.29, 0.717) is 18.9 Å². The average Bonchev–Trinajstić information content (AvgIpc) is 3.11. The van der Waals surface area contributed by atoms with Crippen LogP contribution < -0.4 is 11.1 Å². The third-order valence-corrected chi connectivity index (χ3v) is 9.21. The molecule has 1 atom stereocenters. The molecule has 1 unspecified atom stereocenters. The highest BCUT2D eigenvalue weighted by Gasteiger charge is 2.28. The molecule has 48 heavy (non-hydrogen) atoms. The van der Waals surface area contributed by atoms with Gasteiger partial charge in [-0.1, -0.05) is 80.9 Å². The summed E-state index contributed by atoms with van der Waals surface area (Å²) in [6.07, 6.45) is 8.74. The Morgan fingerprint density at radius 3 is 2.02 bits per heavy atom. The normalized spacial score (nSPS) is 17.2. The molecule has 0 aromatic heterocycles. The quantitative estimate of drug-likeness (QED) is 0.189. The number of unbranched alkanes of at least 4 members (excludes halogenated alkanes) is 2. The number of benzene rings is 2. The van der Waals surface area contributed by atoms with Gasteiger partial charge in [0, 0.05) is 52.2 Å². The number of likely N-dealkylation sites (tertiary alicyclic amines) is 2. The van der Waals surface area contributed by atoms with Crippen molar-refractivity contribution in [1.29, 1.82) is 0 Å². The minimum Gasteiger partial charge on any atom is -0.446 e. The molecular weight excluding hydrogens is 602 g/mol. The molecule has 2 aliphatic heterocycles. The van der Waals surface area contributed by atoms with Gasteiger partial charge in [0.2, 0.25) is 5.91 Å². The maximum atomic E-state index is 13.0. The highest BCUT2D eigenvalue weighted by Crippen LogP contribution is 2.20. The van der Waals surface area contributed by atoms with E-state index in [9.17, 15) is 14.4 Å². The third-order valence-electron chi connectivity index (χ3n) is 9.21. The number of ether oxygens (including phenoxy) is 1. The maximum absolute atomic E-state index is 13.0. The Kier molecular flexibility index (Phi) is 18.9. The molecule has 9 nitrogen and oxygen atoms in total. The van der Waals surface area contributed by atoms with E-state index in [1.807, 2.05) is 12.1 Å². The van der Waals surface area contributed by atoms with Gasteiger partial charge in [0.15, 0.2) is 0 Å². The molecule has 266 valence electrons. The predicted molar refractivity (Wildman–Crippen MR) is 195 cm³/mol. The van der Waals surface area contributed by atoms with Crippen molar-refractivity contribution in [2.24, 2.45) is 11.7 Å². The number of hydrogen-bond donors (Lipinski definition) is 2. The third kappa shape index (κ3) is 15.3. The van der Waals surface area contributed by atoms with Gasteiger partial charge in [-0.05, 0) is 75.6 Å². The fraction of sp³-hybridized carbons (Fsp3) is 0.615. The van der Waals surface area contributed by atoms with Crippen LogP contribution >= 0.6 is 0 Å². The molecule has 2 amide bonds. The van der Waals surface area contributed by atoms with Crippen LogP contribution in [-0.2, 0) is 14.3 Å². The number of primary amides is 1. The van der Waals surface area contributed by atoms with Crippen molar-refractivity contribution in [2.45, 2.75) is 84.2 Å². The number of nitrogens with one attached hydrogen (secondary N) is 1. The Morgan fingerprint density at radius 2 is 1.44 bits per heavy atom. The molecule has 2 saturated heterocycles. The molecular formula is C39H61N5O4. The van der Waals surface area contributed by atoms with Crippen molar-refractivity contribution in [3.8, 4) is 11.1 Å². The summed E-state index contributed by atoms with van der Waals surface area (Å²) < 4.78 is 5.06. The van der Waals surface area contributed by atoms with Crippen molar-refractivity contribution >= 4 is 17.8 Å². The molecule has 2 aromatic carbocycles. The number of piperidine rings is 2. The van der Waals surface area contributed by atoms with Crippen LogP contribution in [0.1, 0.15) is 78.1 Å². The van der Waals surface area contributed by atoms with Crippen LogP contribution in [0.2, 0.25) is 0 Å². The lowest BCUT2D eigenvalue weighted by molar-refractivity contribution is -0.137. The summed E-state index contributed by atoms with van der Waals surface area (Å²) in [7, 11) is 0. The summed E-state index contributed by atoms with van der Waals surface area (Å²) in [4.78, 5) is 42.8. The number of nitrogens with two attached hydrogens (primary N) is 1. The summed E-state index contributed by atoms with van der Waals surface area (Å²) in [6, 6.07) is 20.8. The molecule has 2 aliphatic rings. The van der Waals surface area contributed by atoms with Gasteiger partial charge in [-0.25, -0.2) is 4.79 Å². The van der Waals surface area contributed by atoms with Crippen molar-refractivity contribution in [2.75, 3.05) is 65.4 Å². The molecule has 2 heterocycles. The Bertz CT molecular complexity index is 1130. The van der Waals surface area contributed by atoms with Gasteiger partial charge in [-0.15, -0.1) is 0 Å². The Labute approximate surface area is 289 Å². The van der Waals surface area contributed by atoms with Gasteiger partial charge in [0.1, 0.15) is 11.9 Å². The van der Waals surface area contributed by atoms with Crippen LogP contribution in [0.15, 0.2) is 60.7 Å². The van der Waals surface area contributed by atoms with Crippen molar-refractivity contribution in [1.82, 2.24) is 20.0 Å². The molecule has 0 aliphatic carbocycles. The zero-order chi connectivity index (χ0) is 34.4. The lowest BCUT2D eigenvalue weighted by atomic mass is 9.96. The van der Waals surface area contributed by atoms with E-state index in [-0.39, 0.29) is 17.8 Å². The van der Waals surface area contributed by atoms with E-state index >= 15 is 0 Å². The number of amides is 2. The smallest absolute Gasteiger partial charge is 0.404 e. The van der Waals surface area contributed by atoms with Gasteiger partial charge in [0.25, 0.3) is 0 Å². The van der Waals surface area contributed by atoms with Gasteiger partial charge in [-0.2, -0.15) is 0 Å². The molecule has 0 bridgehead atoms. The maximum Gasteiger partial charge on any atom is 0.404 e. The van der Waals surface area contributed by atoms with E-state index in [1.165, 1.54) is 11.1 Å². The van der Waals surface area contributed by atoms with E-state index < -0.39 is 6.09 Å². The minimum atomic E-state index is -0.693. The topological polar surface area (TPSA) is 108 Å². The van der Waals surface area contributed by atoms with Crippen molar-refractivity contribution in [3.05, 3.63) is 60.7 Å². The molecule has 2 aromatic rings. The van der Waals surface area contributed by atoms with Crippen LogP contribution in [0.4, 0.5) is 4.79 Å². The minimum absolute atomic E-state index is 0.0610. The number of carbonyl (C=O) groups excluding carboxylic acids is 3. The summed E-state index contributed by atoms with van der Waals surface area (Å²) in [5, 5.41) is 3.27. The first-order chi connectivity index (χ1) is 23.4. The van der Waals surface area contributed by atoms with Crippen LogP contribution in [0.25, 0.3) is 11.1 Å². The Balaban J connectivity index is 0.000000431. The summed E-state index contributed by atoms with van der Waals surface area (Å²) in [5.41, 5.74) is 7.63. The van der Waals surface area contributed by atoms with Crippen LogP contribution in [0, 0.1) is 5.92 Å². The fourth-order valence-electron chi connectivity index (χ4n) is 6.65. The summed E-state index contributed by atoms with van der Waals surface area (Å²) in [6.45, 7) is 12.9. The molecule has 0 spiro atoms. The molecule has 4 rings (SSSR count). The van der Waals surface area contributed by atoms with Gasteiger partial charge < -0.3 is 30.5 Å². The lowest BCUT2D eigenvalue weighted by Gasteiger charge is -2.35. The first-order valence-corrected chi connectivity index (χ1v) is 18.4. The molecule has 9 heteroatoms. The van der Waals surface area contributed by atoms with Crippen LogP contribution in [0.5, 0.6) is 0 Å². The van der Waals surface area contributed by atoms with Gasteiger partial charge >= 0.3 is 6.09 Å². The fourth-order valence-corrected chi connectivity index (χ4v) is 6.65. The first kappa shape index (κ1) is 39.2. The van der Waals surface area contributed by atoms with E-state index in [1.54, 1.807) is 0 Å². The Morgan fingerprint density at radius 1 is 0.812 bits per heavy atom. The second-order valence-electron chi connectivity index (χ2n) is 13.2. The summed E-state index contributed by atoms with van der Waals surface area (Å²) in [5.74, 6) is 0.779. The van der Waals surface area contributed by atoms with E-state index in [2.05, 4.69) is 82.4 Å². The zero-order valence-corrected chi connectivity index (χ0v) is 29.6. The number of carbonyl (C=O) groups is 3. The monoisotopic (exact) mass is 663 g/mol. The van der Waals surface area contributed by atoms with Crippen LogP contribution in [-0.4, -0.2) is 104 Å². The Hall–Kier alpha value is -3.27. The number of rotatable bonds is 18. The summed E-state index contributed by atoms with van der Waals surface area (Å²) >= 11 is 0. The number of ketones is 1. The number of Topliss-reactive ketones (excluding diaryl/α,β-unsaturated/α-hetero) is 1. The highest BCUT2D eigenvalue weighted by atomic mass is 16.6.